The molecule has 0 amide bonds. The van der Waals surface area contributed by atoms with Crippen LogP contribution in [0.15, 0.2) is 59.5 Å². The van der Waals surface area contributed by atoms with Crippen molar-refractivity contribution >= 4 is 16.1 Å². The number of sulfone groups is 1. The van der Waals surface area contributed by atoms with Crippen molar-refractivity contribution in [2.45, 2.75) is 10.6 Å². The Morgan fingerprint density at radius 2 is 1.50 bits per heavy atom. The van der Waals surface area contributed by atoms with Gasteiger partial charge in [-0.1, -0.05) is 42.5 Å². The van der Waals surface area contributed by atoms with Crippen molar-refractivity contribution in [1.82, 2.24) is 0 Å². The molecular formula is C14H12O3S. The first-order valence-corrected chi connectivity index (χ1v) is 7.09. The lowest BCUT2D eigenvalue weighted by Gasteiger charge is -2.06. The Morgan fingerprint density at radius 3 is 2.17 bits per heavy atom. The quantitative estimate of drug-likeness (QED) is 0.793. The van der Waals surface area contributed by atoms with Crippen LogP contribution in [0.25, 0.3) is 0 Å². The van der Waals surface area contributed by atoms with Crippen molar-refractivity contribution in [3.8, 4) is 0 Å². The molecule has 3 nitrogen and oxygen atoms in total. The van der Waals surface area contributed by atoms with E-state index in [2.05, 4.69) is 0 Å². The molecule has 0 radical (unpaired) electrons. The fourth-order valence-electron chi connectivity index (χ4n) is 1.70. The Kier molecular flexibility index (Phi) is 3.58. The number of carbonyl (C=O) groups is 1. The fraction of sp³-hybridized carbons (Fsp3) is 0.0714. The van der Waals surface area contributed by atoms with Crippen LogP contribution in [0.2, 0.25) is 0 Å². The number of rotatable bonds is 4. The van der Waals surface area contributed by atoms with Crippen LogP contribution in [-0.4, -0.2) is 14.7 Å². The molecule has 0 fully saturated rings. The lowest BCUT2D eigenvalue weighted by Crippen LogP contribution is -2.06. The summed E-state index contributed by atoms with van der Waals surface area (Å²) < 4.78 is 24.3. The predicted molar refractivity (Wildman–Crippen MR) is 69.2 cm³/mol. The second-order valence-corrected chi connectivity index (χ2v) is 5.88. The van der Waals surface area contributed by atoms with Gasteiger partial charge >= 0.3 is 0 Å². The fourth-order valence-corrected chi connectivity index (χ4v) is 3.11. The highest BCUT2D eigenvalue weighted by Crippen LogP contribution is 2.17. The zero-order valence-electron chi connectivity index (χ0n) is 9.61. The highest BCUT2D eigenvalue weighted by Gasteiger charge is 2.16. The number of carbonyl (C=O) groups excluding carboxylic acids is 1. The maximum atomic E-state index is 12.2. The van der Waals surface area contributed by atoms with Crippen LogP contribution in [0.3, 0.4) is 0 Å². The minimum Gasteiger partial charge on any atom is -0.298 e. The topological polar surface area (TPSA) is 51.2 Å². The van der Waals surface area contributed by atoms with E-state index in [1.54, 1.807) is 54.6 Å². The average Bonchev–Trinajstić information content (AvgIpc) is 2.40. The normalized spacial score (nSPS) is 11.1. The molecule has 2 aromatic carbocycles. The molecule has 0 aliphatic carbocycles. The molecule has 0 saturated carbocycles. The van der Waals surface area contributed by atoms with E-state index < -0.39 is 9.84 Å². The largest absolute Gasteiger partial charge is 0.298 e. The van der Waals surface area contributed by atoms with Crippen molar-refractivity contribution in [1.29, 1.82) is 0 Å². The smallest absolute Gasteiger partial charge is 0.182 e. The Morgan fingerprint density at radius 1 is 0.889 bits per heavy atom. The second-order valence-electron chi connectivity index (χ2n) is 3.89. The molecule has 2 rings (SSSR count). The van der Waals surface area contributed by atoms with Crippen LogP contribution in [0.1, 0.15) is 15.9 Å². The standard InChI is InChI=1S/C14H12O3S/c15-10-12-6-4-5-7-13(12)11-18(16,17)14-8-2-1-3-9-14/h1-10H,11H2. The number of hydrogen-bond donors (Lipinski definition) is 0. The van der Waals surface area contributed by atoms with Gasteiger partial charge in [0.05, 0.1) is 10.6 Å². The molecule has 0 spiro atoms. The average molecular weight is 260 g/mol. The molecule has 18 heavy (non-hydrogen) atoms. The van der Waals surface area contributed by atoms with Gasteiger partial charge in [-0.05, 0) is 17.7 Å². The van der Waals surface area contributed by atoms with Gasteiger partial charge in [0, 0.05) is 5.56 Å². The summed E-state index contributed by atoms with van der Waals surface area (Å²) in [4.78, 5) is 11.1. The van der Waals surface area contributed by atoms with E-state index in [0.717, 1.165) is 0 Å². The van der Waals surface area contributed by atoms with E-state index in [1.807, 2.05) is 0 Å². The Hall–Kier alpha value is -1.94. The van der Waals surface area contributed by atoms with E-state index in [1.165, 1.54) is 0 Å². The summed E-state index contributed by atoms with van der Waals surface area (Å²) in [6, 6.07) is 14.9. The van der Waals surface area contributed by atoms with Gasteiger partial charge in [0.2, 0.25) is 0 Å². The van der Waals surface area contributed by atoms with Gasteiger partial charge in [0.15, 0.2) is 9.84 Å². The monoisotopic (exact) mass is 260 g/mol. The molecule has 0 aliphatic heterocycles. The number of aldehydes is 1. The summed E-state index contributed by atoms with van der Waals surface area (Å²) in [7, 11) is -3.40. The molecule has 4 heteroatoms. The highest BCUT2D eigenvalue weighted by molar-refractivity contribution is 7.90. The zero-order valence-corrected chi connectivity index (χ0v) is 10.4. The van der Waals surface area contributed by atoms with Crippen LogP contribution < -0.4 is 0 Å². The number of benzene rings is 2. The first kappa shape index (κ1) is 12.5. The van der Waals surface area contributed by atoms with Crippen LogP contribution in [0.4, 0.5) is 0 Å². The van der Waals surface area contributed by atoms with Crippen molar-refractivity contribution < 1.29 is 13.2 Å². The van der Waals surface area contributed by atoms with Crippen LogP contribution in [0, 0.1) is 0 Å². The maximum Gasteiger partial charge on any atom is 0.182 e. The van der Waals surface area contributed by atoms with Gasteiger partial charge in [0.1, 0.15) is 6.29 Å². The Labute approximate surface area is 106 Å². The van der Waals surface area contributed by atoms with Crippen molar-refractivity contribution in [2.24, 2.45) is 0 Å². The van der Waals surface area contributed by atoms with Gasteiger partial charge < -0.3 is 0 Å². The molecule has 92 valence electrons. The molecule has 0 aromatic heterocycles. The predicted octanol–water partition coefficient (Wildman–Crippen LogP) is 2.47. The lowest BCUT2D eigenvalue weighted by atomic mass is 10.1. The molecule has 0 unspecified atom stereocenters. The molecule has 2 aromatic rings. The first-order chi connectivity index (χ1) is 8.63. The second kappa shape index (κ2) is 5.14. The van der Waals surface area contributed by atoms with E-state index in [9.17, 15) is 13.2 Å². The maximum absolute atomic E-state index is 12.2. The lowest BCUT2D eigenvalue weighted by molar-refractivity contribution is 0.112. The molecule has 0 aliphatic rings. The van der Waals surface area contributed by atoms with Crippen molar-refractivity contribution in [3.05, 3.63) is 65.7 Å². The molecular weight excluding hydrogens is 248 g/mol. The highest BCUT2D eigenvalue weighted by atomic mass is 32.2. The summed E-state index contributed by atoms with van der Waals surface area (Å²) in [5, 5.41) is 0. The first-order valence-electron chi connectivity index (χ1n) is 5.44. The third-order valence-corrected chi connectivity index (χ3v) is 4.31. The number of hydrogen-bond acceptors (Lipinski definition) is 3. The third kappa shape index (κ3) is 2.65. The molecule has 0 heterocycles. The minimum atomic E-state index is -3.40. The zero-order chi connectivity index (χ0) is 13.0. The van der Waals surface area contributed by atoms with E-state index in [4.69, 9.17) is 0 Å². The van der Waals surface area contributed by atoms with Crippen LogP contribution >= 0.6 is 0 Å². The van der Waals surface area contributed by atoms with Crippen LogP contribution in [0.5, 0.6) is 0 Å². The molecule has 0 atom stereocenters. The molecule has 0 N–H and O–H groups in total. The summed E-state index contributed by atoms with van der Waals surface area (Å²) in [6.45, 7) is 0. The van der Waals surface area contributed by atoms with Crippen molar-refractivity contribution in [3.63, 3.8) is 0 Å². The Balaban J connectivity index is 2.37. The molecule has 0 saturated heterocycles. The summed E-state index contributed by atoms with van der Waals surface area (Å²) >= 11 is 0. The van der Waals surface area contributed by atoms with Gasteiger partial charge in [-0.15, -0.1) is 0 Å². The minimum absolute atomic E-state index is 0.161. The Bertz CT molecular complexity index is 646. The van der Waals surface area contributed by atoms with Gasteiger partial charge in [-0.25, -0.2) is 8.42 Å². The van der Waals surface area contributed by atoms with E-state index in [-0.39, 0.29) is 10.6 Å². The molecule has 0 bridgehead atoms. The van der Waals surface area contributed by atoms with Crippen LogP contribution in [-0.2, 0) is 15.6 Å². The van der Waals surface area contributed by atoms with Gasteiger partial charge in [-0.3, -0.25) is 4.79 Å². The van der Waals surface area contributed by atoms with E-state index >= 15 is 0 Å². The SMILES string of the molecule is O=Cc1ccccc1CS(=O)(=O)c1ccccc1. The summed E-state index contributed by atoms with van der Waals surface area (Å²) in [5.74, 6) is -0.161. The summed E-state index contributed by atoms with van der Waals surface area (Å²) in [5.41, 5.74) is 0.938. The van der Waals surface area contributed by atoms with Gasteiger partial charge in [0.25, 0.3) is 0 Å². The third-order valence-electron chi connectivity index (χ3n) is 2.63. The van der Waals surface area contributed by atoms with Crippen molar-refractivity contribution in [2.75, 3.05) is 0 Å². The van der Waals surface area contributed by atoms with Gasteiger partial charge in [-0.2, -0.15) is 0 Å². The van der Waals surface area contributed by atoms with E-state index in [0.29, 0.717) is 17.4 Å². The summed E-state index contributed by atoms with van der Waals surface area (Å²) in [6.07, 6.45) is 0.676.